The number of methoxy groups -OCH3 is 1. The summed E-state index contributed by atoms with van der Waals surface area (Å²) in [5.41, 5.74) is 0.0650. The smallest absolute Gasteiger partial charge is 0.138 e. The molecule has 0 aromatic carbocycles. The lowest BCUT2D eigenvalue weighted by molar-refractivity contribution is -0.156. The number of Topliss-reactive ketones (excluding diaryl/α,β-unsaturated/α-hetero) is 1. The number of rotatable bonds is 7. The SMILES string of the molecule is COCCOCCC(=O)C1CCOC2(CCC2)C1. The first-order chi connectivity index (χ1) is 8.76. The van der Waals surface area contributed by atoms with Gasteiger partial charge in [0.2, 0.25) is 0 Å². The molecule has 0 radical (unpaired) electrons. The van der Waals surface area contributed by atoms with Crippen molar-refractivity contribution in [3.63, 3.8) is 0 Å². The minimum absolute atomic E-state index is 0.0650. The van der Waals surface area contributed by atoms with E-state index in [4.69, 9.17) is 14.2 Å². The van der Waals surface area contributed by atoms with E-state index >= 15 is 0 Å². The first-order valence-corrected chi connectivity index (χ1v) is 6.99. The van der Waals surface area contributed by atoms with Crippen molar-refractivity contribution < 1.29 is 19.0 Å². The quantitative estimate of drug-likeness (QED) is 0.653. The second-order valence-corrected chi connectivity index (χ2v) is 5.40. The molecule has 1 spiro atoms. The van der Waals surface area contributed by atoms with E-state index in [9.17, 15) is 4.79 Å². The zero-order valence-corrected chi connectivity index (χ0v) is 11.3. The number of carbonyl (C=O) groups excluding carboxylic acids is 1. The van der Waals surface area contributed by atoms with Crippen molar-refractivity contribution in [2.75, 3.05) is 33.5 Å². The molecule has 104 valence electrons. The molecule has 1 saturated carbocycles. The Morgan fingerprint density at radius 2 is 2.17 bits per heavy atom. The highest BCUT2D eigenvalue weighted by molar-refractivity contribution is 5.81. The number of ketones is 1. The van der Waals surface area contributed by atoms with E-state index in [-0.39, 0.29) is 11.5 Å². The van der Waals surface area contributed by atoms with Crippen LogP contribution in [0.4, 0.5) is 0 Å². The van der Waals surface area contributed by atoms with Crippen molar-refractivity contribution in [1.82, 2.24) is 0 Å². The zero-order valence-electron chi connectivity index (χ0n) is 11.3. The summed E-state index contributed by atoms with van der Waals surface area (Å²) in [6.07, 6.45) is 5.89. The van der Waals surface area contributed by atoms with Crippen molar-refractivity contribution in [2.24, 2.45) is 5.92 Å². The summed E-state index contributed by atoms with van der Waals surface area (Å²) in [5, 5.41) is 0. The fourth-order valence-electron chi connectivity index (χ4n) is 2.84. The fourth-order valence-corrected chi connectivity index (χ4v) is 2.84. The molecule has 1 unspecified atom stereocenters. The van der Waals surface area contributed by atoms with Gasteiger partial charge in [-0.1, -0.05) is 0 Å². The second-order valence-electron chi connectivity index (χ2n) is 5.40. The van der Waals surface area contributed by atoms with Crippen LogP contribution in [0.15, 0.2) is 0 Å². The van der Waals surface area contributed by atoms with Crippen LogP contribution in [0.25, 0.3) is 0 Å². The minimum atomic E-state index is 0.0650. The summed E-state index contributed by atoms with van der Waals surface area (Å²) in [7, 11) is 1.65. The first-order valence-electron chi connectivity index (χ1n) is 6.99. The highest BCUT2D eigenvalue weighted by Crippen LogP contribution is 2.44. The lowest BCUT2D eigenvalue weighted by atomic mass is 9.71. The fraction of sp³-hybridized carbons (Fsp3) is 0.929. The summed E-state index contributed by atoms with van der Waals surface area (Å²) >= 11 is 0. The van der Waals surface area contributed by atoms with Crippen LogP contribution in [-0.4, -0.2) is 44.9 Å². The maximum absolute atomic E-state index is 12.1. The number of hydrogen-bond donors (Lipinski definition) is 0. The molecule has 0 N–H and O–H groups in total. The standard InChI is InChI=1S/C14H24O4/c1-16-9-10-17-7-4-13(15)12-3-8-18-14(11-12)5-2-6-14/h12H,2-11H2,1H3. The van der Waals surface area contributed by atoms with Crippen LogP contribution in [-0.2, 0) is 19.0 Å². The lowest BCUT2D eigenvalue weighted by Crippen LogP contribution is -2.47. The number of carbonyl (C=O) groups is 1. The van der Waals surface area contributed by atoms with Crippen molar-refractivity contribution in [3.05, 3.63) is 0 Å². The van der Waals surface area contributed by atoms with Gasteiger partial charge in [0.15, 0.2) is 0 Å². The van der Waals surface area contributed by atoms with Gasteiger partial charge < -0.3 is 14.2 Å². The Bertz CT molecular complexity index is 273. The summed E-state index contributed by atoms with van der Waals surface area (Å²) in [6.45, 7) is 2.43. The number of ether oxygens (including phenoxy) is 3. The van der Waals surface area contributed by atoms with Crippen LogP contribution in [0.2, 0.25) is 0 Å². The Labute approximate surface area is 109 Å². The van der Waals surface area contributed by atoms with Crippen LogP contribution in [0.5, 0.6) is 0 Å². The molecule has 0 amide bonds. The molecule has 0 aromatic heterocycles. The molecule has 2 aliphatic rings. The second kappa shape index (κ2) is 6.64. The zero-order chi connectivity index (χ0) is 12.8. The molecule has 18 heavy (non-hydrogen) atoms. The molecule has 2 rings (SSSR count). The molecule has 1 heterocycles. The van der Waals surface area contributed by atoms with Gasteiger partial charge in [-0.15, -0.1) is 0 Å². The predicted octanol–water partition coefficient (Wildman–Crippen LogP) is 1.96. The highest BCUT2D eigenvalue weighted by Gasteiger charge is 2.43. The Balaban J connectivity index is 1.65. The largest absolute Gasteiger partial charge is 0.382 e. The molecule has 1 aliphatic carbocycles. The Morgan fingerprint density at radius 3 is 2.83 bits per heavy atom. The Morgan fingerprint density at radius 1 is 1.33 bits per heavy atom. The molecule has 1 saturated heterocycles. The van der Waals surface area contributed by atoms with Crippen LogP contribution in [0.3, 0.4) is 0 Å². The molecule has 0 bridgehead atoms. The van der Waals surface area contributed by atoms with Gasteiger partial charge in [-0.05, 0) is 32.1 Å². The molecule has 2 fully saturated rings. The van der Waals surface area contributed by atoms with Gasteiger partial charge in [0.05, 0.1) is 25.4 Å². The molecule has 1 atom stereocenters. The van der Waals surface area contributed by atoms with E-state index in [2.05, 4.69) is 0 Å². The van der Waals surface area contributed by atoms with Gasteiger partial charge in [0.25, 0.3) is 0 Å². The summed E-state index contributed by atoms with van der Waals surface area (Å²) in [6, 6.07) is 0. The maximum atomic E-state index is 12.1. The monoisotopic (exact) mass is 256 g/mol. The van der Waals surface area contributed by atoms with Crippen LogP contribution in [0, 0.1) is 5.92 Å². The average molecular weight is 256 g/mol. The minimum Gasteiger partial charge on any atom is -0.382 e. The topological polar surface area (TPSA) is 44.8 Å². The van der Waals surface area contributed by atoms with E-state index in [1.165, 1.54) is 6.42 Å². The van der Waals surface area contributed by atoms with Crippen molar-refractivity contribution in [3.8, 4) is 0 Å². The molecular weight excluding hydrogens is 232 g/mol. The third-order valence-corrected chi connectivity index (χ3v) is 4.14. The van der Waals surface area contributed by atoms with Crippen LogP contribution >= 0.6 is 0 Å². The van der Waals surface area contributed by atoms with E-state index in [0.29, 0.717) is 32.0 Å². The van der Waals surface area contributed by atoms with Gasteiger partial charge in [0, 0.05) is 26.1 Å². The van der Waals surface area contributed by atoms with Gasteiger partial charge in [-0.3, -0.25) is 4.79 Å². The van der Waals surface area contributed by atoms with E-state index in [1.54, 1.807) is 7.11 Å². The lowest BCUT2D eigenvalue weighted by Gasteiger charge is -2.46. The van der Waals surface area contributed by atoms with Gasteiger partial charge in [0.1, 0.15) is 5.78 Å². The average Bonchev–Trinajstić information content (AvgIpc) is 2.36. The third-order valence-electron chi connectivity index (χ3n) is 4.14. The van der Waals surface area contributed by atoms with E-state index in [1.807, 2.05) is 0 Å². The summed E-state index contributed by atoms with van der Waals surface area (Å²) in [4.78, 5) is 12.1. The molecule has 4 nitrogen and oxygen atoms in total. The van der Waals surface area contributed by atoms with Gasteiger partial charge >= 0.3 is 0 Å². The summed E-state index contributed by atoms with van der Waals surface area (Å²) in [5.74, 6) is 0.548. The van der Waals surface area contributed by atoms with Crippen molar-refractivity contribution in [2.45, 2.75) is 44.1 Å². The van der Waals surface area contributed by atoms with Gasteiger partial charge in [-0.2, -0.15) is 0 Å². The first kappa shape index (κ1) is 14.0. The summed E-state index contributed by atoms with van der Waals surface area (Å²) < 4.78 is 16.1. The van der Waals surface area contributed by atoms with E-state index < -0.39 is 0 Å². The van der Waals surface area contributed by atoms with Crippen molar-refractivity contribution in [1.29, 1.82) is 0 Å². The Hall–Kier alpha value is -0.450. The maximum Gasteiger partial charge on any atom is 0.138 e. The predicted molar refractivity (Wildman–Crippen MR) is 67.6 cm³/mol. The molecular formula is C14H24O4. The molecule has 1 aliphatic heterocycles. The molecule has 0 aromatic rings. The third kappa shape index (κ3) is 3.53. The van der Waals surface area contributed by atoms with Crippen molar-refractivity contribution >= 4 is 5.78 Å². The molecule has 4 heteroatoms. The van der Waals surface area contributed by atoms with E-state index in [0.717, 1.165) is 32.3 Å². The van der Waals surface area contributed by atoms with Crippen LogP contribution in [0.1, 0.15) is 38.5 Å². The normalized spacial score (nSPS) is 25.9. The van der Waals surface area contributed by atoms with Gasteiger partial charge in [-0.25, -0.2) is 0 Å². The van der Waals surface area contributed by atoms with Crippen LogP contribution < -0.4 is 0 Å². The Kier molecular flexibility index (Phi) is 5.15. The highest BCUT2D eigenvalue weighted by atomic mass is 16.5. The number of hydrogen-bond acceptors (Lipinski definition) is 4.